The topological polar surface area (TPSA) is 47.6 Å². The van der Waals surface area contributed by atoms with Crippen molar-refractivity contribution in [3.63, 3.8) is 0 Å². The summed E-state index contributed by atoms with van der Waals surface area (Å²) in [5, 5.41) is 0.609. The summed E-state index contributed by atoms with van der Waals surface area (Å²) >= 11 is 6.04. The number of oxazole rings is 1. The summed E-state index contributed by atoms with van der Waals surface area (Å²) in [5.74, 6) is -0.326. The van der Waals surface area contributed by atoms with Crippen LogP contribution in [0.25, 0.3) is 11.1 Å². The molecule has 5 nitrogen and oxygen atoms in total. The molecule has 0 unspecified atom stereocenters. The van der Waals surface area contributed by atoms with Gasteiger partial charge in [-0.15, -0.1) is 0 Å². The van der Waals surface area contributed by atoms with E-state index in [2.05, 4.69) is 4.90 Å². The lowest BCUT2D eigenvalue weighted by atomic mass is 10.1. The lowest BCUT2D eigenvalue weighted by Crippen LogP contribution is -2.49. The third-order valence-electron chi connectivity index (χ3n) is 4.55. The molecule has 1 aliphatic heterocycles. The van der Waals surface area contributed by atoms with Crippen LogP contribution in [0, 0.1) is 0 Å². The molecule has 1 aliphatic carbocycles. The minimum absolute atomic E-state index is 0.316. The Balaban J connectivity index is 1.69. The summed E-state index contributed by atoms with van der Waals surface area (Å²) in [6.07, 6.45) is 3.76. The van der Waals surface area contributed by atoms with Gasteiger partial charge in [0.1, 0.15) is 0 Å². The van der Waals surface area contributed by atoms with Gasteiger partial charge in [0, 0.05) is 17.6 Å². The number of rotatable bonds is 2. The lowest BCUT2D eigenvalue weighted by molar-refractivity contribution is -0.0669. The zero-order valence-electron chi connectivity index (χ0n) is 11.6. The molecule has 1 aromatic carbocycles. The van der Waals surface area contributed by atoms with Gasteiger partial charge >= 0.3 is 5.76 Å². The highest BCUT2D eigenvalue weighted by molar-refractivity contribution is 6.31. The van der Waals surface area contributed by atoms with Crippen molar-refractivity contribution in [1.29, 1.82) is 0 Å². The predicted molar refractivity (Wildman–Crippen MR) is 79.6 cm³/mol. The monoisotopic (exact) mass is 308 g/mol. The van der Waals surface area contributed by atoms with Crippen molar-refractivity contribution in [2.75, 3.05) is 13.2 Å². The molecule has 0 spiro atoms. The summed E-state index contributed by atoms with van der Waals surface area (Å²) in [6.45, 7) is 2.12. The fraction of sp³-hybridized carbons (Fsp3) is 0.533. The highest BCUT2D eigenvalue weighted by Gasteiger charge is 2.36. The van der Waals surface area contributed by atoms with Gasteiger partial charge in [0.05, 0.1) is 24.9 Å². The molecule has 2 aliphatic rings. The smallest absolute Gasteiger partial charge is 0.408 e. The summed E-state index contributed by atoms with van der Waals surface area (Å²) in [5.41, 5.74) is 1.34. The number of morpholine rings is 1. The molecule has 2 heterocycles. The quantitative estimate of drug-likeness (QED) is 0.855. The molecule has 6 heteroatoms. The van der Waals surface area contributed by atoms with Gasteiger partial charge in [0.15, 0.2) is 5.58 Å². The number of benzene rings is 1. The van der Waals surface area contributed by atoms with Crippen LogP contribution in [0.3, 0.4) is 0 Å². The van der Waals surface area contributed by atoms with Crippen molar-refractivity contribution < 1.29 is 9.15 Å². The Morgan fingerprint density at radius 3 is 3.14 bits per heavy atom. The molecule has 1 saturated carbocycles. The average molecular weight is 309 g/mol. The summed E-state index contributed by atoms with van der Waals surface area (Å²) in [6, 6.07) is 5.68. The second kappa shape index (κ2) is 5.16. The molecule has 0 amide bonds. The molecule has 4 rings (SSSR count). The van der Waals surface area contributed by atoms with E-state index in [-0.39, 0.29) is 5.76 Å². The number of ether oxygens (including phenoxy) is 1. The van der Waals surface area contributed by atoms with Crippen LogP contribution in [0.15, 0.2) is 27.4 Å². The molecule has 112 valence electrons. The highest BCUT2D eigenvalue weighted by Crippen LogP contribution is 2.30. The van der Waals surface area contributed by atoms with Crippen molar-refractivity contribution in [1.82, 2.24) is 9.47 Å². The number of aromatic nitrogens is 1. The van der Waals surface area contributed by atoms with Crippen LogP contribution in [0.2, 0.25) is 5.02 Å². The number of fused-ring (bicyclic) bond motifs is 2. The van der Waals surface area contributed by atoms with E-state index in [1.807, 2.05) is 0 Å². The van der Waals surface area contributed by atoms with Gasteiger partial charge in [0.2, 0.25) is 0 Å². The Morgan fingerprint density at radius 2 is 2.24 bits per heavy atom. The normalized spacial score (nSPS) is 26.3. The number of hydrogen-bond acceptors (Lipinski definition) is 4. The van der Waals surface area contributed by atoms with E-state index >= 15 is 0 Å². The van der Waals surface area contributed by atoms with Crippen LogP contribution in [-0.4, -0.2) is 34.8 Å². The third kappa shape index (κ3) is 2.29. The fourth-order valence-corrected chi connectivity index (χ4v) is 3.70. The lowest BCUT2D eigenvalue weighted by Gasteiger charge is -2.37. The van der Waals surface area contributed by atoms with Crippen molar-refractivity contribution >= 4 is 22.7 Å². The molecular weight excluding hydrogens is 292 g/mol. The second-order valence-corrected chi connectivity index (χ2v) is 6.21. The Bertz CT molecular complexity index is 723. The summed E-state index contributed by atoms with van der Waals surface area (Å²) in [7, 11) is 0. The van der Waals surface area contributed by atoms with E-state index < -0.39 is 0 Å². The van der Waals surface area contributed by atoms with Crippen molar-refractivity contribution in [3.8, 4) is 0 Å². The average Bonchev–Trinajstić information content (AvgIpc) is 3.05. The number of hydrogen-bond donors (Lipinski definition) is 0. The molecule has 0 radical (unpaired) electrons. The van der Waals surface area contributed by atoms with E-state index in [0.717, 1.165) is 31.5 Å². The molecule has 1 aromatic heterocycles. The Labute approximate surface area is 127 Å². The number of nitrogens with zero attached hydrogens (tertiary/aromatic N) is 2. The summed E-state index contributed by atoms with van der Waals surface area (Å²) < 4.78 is 12.8. The highest BCUT2D eigenvalue weighted by atomic mass is 35.5. The largest absolute Gasteiger partial charge is 0.421 e. The van der Waals surface area contributed by atoms with Crippen molar-refractivity contribution in [2.24, 2.45) is 0 Å². The fourth-order valence-electron chi connectivity index (χ4n) is 3.53. The van der Waals surface area contributed by atoms with Gasteiger partial charge < -0.3 is 9.15 Å². The van der Waals surface area contributed by atoms with E-state index in [1.54, 1.807) is 22.8 Å². The molecule has 21 heavy (non-hydrogen) atoms. The van der Waals surface area contributed by atoms with Gasteiger partial charge in [-0.3, -0.25) is 9.47 Å². The first-order chi connectivity index (χ1) is 10.2. The van der Waals surface area contributed by atoms with Crippen LogP contribution < -0.4 is 5.76 Å². The van der Waals surface area contributed by atoms with Gasteiger partial charge in [-0.05, 0) is 37.5 Å². The maximum atomic E-state index is 12.1. The summed E-state index contributed by atoms with van der Waals surface area (Å²) in [4.78, 5) is 14.4. The molecule has 2 fully saturated rings. The SMILES string of the molecule is O=c1oc2ccc(Cl)cc2n1CN1CCO[C@H]2CCC[C@H]21. The molecule has 2 atom stereocenters. The van der Waals surface area contributed by atoms with Crippen LogP contribution in [0.5, 0.6) is 0 Å². The van der Waals surface area contributed by atoms with Crippen LogP contribution in [0.1, 0.15) is 19.3 Å². The zero-order chi connectivity index (χ0) is 14.4. The van der Waals surface area contributed by atoms with Crippen molar-refractivity contribution in [3.05, 3.63) is 33.8 Å². The maximum absolute atomic E-state index is 12.1. The van der Waals surface area contributed by atoms with E-state index in [4.69, 9.17) is 20.8 Å². The third-order valence-corrected chi connectivity index (χ3v) is 4.78. The van der Waals surface area contributed by atoms with Crippen LogP contribution >= 0.6 is 11.6 Å². The Morgan fingerprint density at radius 1 is 1.33 bits per heavy atom. The first-order valence-electron chi connectivity index (χ1n) is 7.37. The van der Waals surface area contributed by atoms with Gasteiger partial charge in [-0.2, -0.15) is 0 Å². The Hall–Kier alpha value is -1.30. The van der Waals surface area contributed by atoms with E-state index in [0.29, 0.717) is 29.4 Å². The molecular formula is C15H17ClN2O3. The first kappa shape index (κ1) is 13.4. The maximum Gasteiger partial charge on any atom is 0.421 e. The number of halogens is 1. The predicted octanol–water partition coefficient (Wildman–Crippen LogP) is 2.46. The van der Waals surface area contributed by atoms with Gasteiger partial charge in [0.25, 0.3) is 0 Å². The molecule has 1 saturated heterocycles. The molecule has 0 N–H and O–H groups in total. The minimum atomic E-state index is -0.326. The molecule has 2 aromatic rings. The minimum Gasteiger partial charge on any atom is -0.408 e. The van der Waals surface area contributed by atoms with Crippen LogP contribution in [-0.2, 0) is 11.4 Å². The van der Waals surface area contributed by atoms with Gasteiger partial charge in [-0.25, -0.2) is 4.79 Å². The standard InChI is InChI=1S/C15H17ClN2O3/c16-10-4-5-14-12(8-10)18(15(19)21-14)9-17-6-7-20-13-3-1-2-11(13)17/h4-5,8,11,13H,1-3,6-7,9H2/t11-,13+/m1/s1. The zero-order valence-corrected chi connectivity index (χ0v) is 12.4. The Kier molecular flexibility index (Phi) is 3.28. The molecule has 0 bridgehead atoms. The van der Waals surface area contributed by atoms with Crippen molar-refractivity contribution in [2.45, 2.75) is 38.1 Å². The first-order valence-corrected chi connectivity index (χ1v) is 7.75. The van der Waals surface area contributed by atoms with E-state index in [1.165, 1.54) is 6.42 Å². The van der Waals surface area contributed by atoms with Crippen LogP contribution in [0.4, 0.5) is 0 Å². The van der Waals surface area contributed by atoms with Gasteiger partial charge in [-0.1, -0.05) is 11.6 Å². The van der Waals surface area contributed by atoms with E-state index in [9.17, 15) is 4.79 Å². The second-order valence-electron chi connectivity index (χ2n) is 5.77.